The number of ether oxygens (including phenoxy) is 1. The number of nitrogens with zero attached hydrogens (tertiary/aromatic N) is 1. The molecule has 5 rings (SSSR count). The highest BCUT2D eigenvalue weighted by molar-refractivity contribution is 7.16. The lowest BCUT2D eigenvalue weighted by atomic mass is 9.88. The normalized spacial score (nSPS) is 17.8. The number of carbonyl (C=O) groups is 1. The minimum absolute atomic E-state index is 0.0254. The predicted octanol–water partition coefficient (Wildman–Crippen LogP) is 5.55. The number of carbonyl (C=O) groups excluding carboxylic acids is 1. The summed E-state index contributed by atoms with van der Waals surface area (Å²) in [6, 6.07) is 11.4. The second-order valence-corrected chi connectivity index (χ2v) is 9.47. The molecular formula is C24H25ClN2O3S. The van der Waals surface area contributed by atoms with E-state index in [-0.39, 0.29) is 11.9 Å². The number of aryl methyl sites for hydroxylation is 1. The summed E-state index contributed by atoms with van der Waals surface area (Å²) in [5.74, 6) is 0.0997. The maximum absolute atomic E-state index is 12.9. The monoisotopic (exact) mass is 456 g/mol. The zero-order valence-electron chi connectivity index (χ0n) is 17.2. The van der Waals surface area contributed by atoms with Gasteiger partial charge in [0.05, 0.1) is 25.5 Å². The third-order valence-electron chi connectivity index (χ3n) is 6.07. The molecular weight excluding hydrogens is 432 g/mol. The van der Waals surface area contributed by atoms with Crippen LogP contribution in [0.1, 0.15) is 51.0 Å². The molecule has 31 heavy (non-hydrogen) atoms. The molecule has 1 aliphatic heterocycles. The van der Waals surface area contributed by atoms with Crippen molar-refractivity contribution in [2.24, 2.45) is 0 Å². The topological polar surface area (TPSA) is 54.7 Å². The molecule has 162 valence electrons. The van der Waals surface area contributed by atoms with Crippen LogP contribution in [0.3, 0.4) is 0 Å². The Labute approximate surface area is 191 Å². The Morgan fingerprint density at radius 3 is 2.68 bits per heavy atom. The number of hydrogen-bond donors (Lipinski definition) is 1. The van der Waals surface area contributed by atoms with Crippen molar-refractivity contribution in [3.05, 3.63) is 75.0 Å². The number of amides is 1. The Morgan fingerprint density at radius 1 is 1.10 bits per heavy atom. The van der Waals surface area contributed by atoms with Crippen LogP contribution in [0.25, 0.3) is 0 Å². The molecule has 1 unspecified atom stereocenters. The van der Waals surface area contributed by atoms with Crippen LogP contribution in [-0.4, -0.2) is 37.1 Å². The van der Waals surface area contributed by atoms with Gasteiger partial charge < -0.3 is 14.5 Å². The van der Waals surface area contributed by atoms with Crippen LogP contribution in [-0.2, 0) is 17.6 Å². The van der Waals surface area contributed by atoms with Crippen molar-refractivity contribution in [2.75, 3.05) is 31.6 Å². The molecule has 0 saturated carbocycles. The van der Waals surface area contributed by atoms with Crippen molar-refractivity contribution in [3.8, 4) is 0 Å². The third-order valence-corrected chi connectivity index (χ3v) is 7.64. The van der Waals surface area contributed by atoms with Crippen LogP contribution in [0.5, 0.6) is 0 Å². The standard InChI is InChI=1S/C24H25ClN2O3S/c25-18-8-3-1-6-16(18)22(27-11-14-29-15-12-27)21-17-7-2-4-10-20(17)31-24(21)26-23(28)19-9-5-13-30-19/h1,3,5-6,8-9,13,22H,2,4,7,10-12,14-15H2,(H,26,28). The molecule has 1 N–H and O–H groups in total. The molecule has 1 fully saturated rings. The highest BCUT2D eigenvalue weighted by Crippen LogP contribution is 2.46. The number of fused-ring (bicyclic) bond motifs is 1. The summed E-state index contributed by atoms with van der Waals surface area (Å²) in [7, 11) is 0. The Hall–Kier alpha value is -2.12. The number of rotatable bonds is 5. The maximum atomic E-state index is 12.9. The fourth-order valence-electron chi connectivity index (χ4n) is 4.61. The van der Waals surface area contributed by atoms with Crippen molar-refractivity contribution < 1.29 is 13.9 Å². The summed E-state index contributed by atoms with van der Waals surface area (Å²) in [6.07, 6.45) is 5.97. The van der Waals surface area contributed by atoms with Gasteiger partial charge in [-0.1, -0.05) is 29.8 Å². The van der Waals surface area contributed by atoms with Gasteiger partial charge in [0, 0.05) is 28.6 Å². The fraction of sp³-hybridized carbons (Fsp3) is 0.375. The number of benzene rings is 1. The predicted molar refractivity (Wildman–Crippen MR) is 123 cm³/mol. The van der Waals surface area contributed by atoms with Gasteiger partial charge in [-0.25, -0.2) is 0 Å². The Kier molecular flexibility index (Phi) is 6.14. The zero-order chi connectivity index (χ0) is 21.2. The molecule has 5 nitrogen and oxygen atoms in total. The van der Waals surface area contributed by atoms with E-state index in [2.05, 4.69) is 16.3 Å². The molecule has 3 aromatic rings. The number of hydrogen-bond acceptors (Lipinski definition) is 5. The second-order valence-electron chi connectivity index (χ2n) is 7.96. The average molecular weight is 457 g/mol. The fourth-order valence-corrected chi connectivity index (χ4v) is 6.17. The first-order valence-corrected chi connectivity index (χ1v) is 12.0. The highest BCUT2D eigenvalue weighted by Gasteiger charge is 2.34. The molecule has 1 saturated heterocycles. The van der Waals surface area contributed by atoms with E-state index in [0.29, 0.717) is 19.0 Å². The minimum Gasteiger partial charge on any atom is -0.459 e. The van der Waals surface area contributed by atoms with Crippen molar-refractivity contribution in [1.29, 1.82) is 0 Å². The van der Waals surface area contributed by atoms with Gasteiger partial charge in [-0.05, 0) is 55.0 Å². The minimum atomic E-state index is -0.218. The molecule has 3 heterocycles. The van der Waals surface area contributed by atoms with Gasteiger partial charge in [-0.3, -0.25) is 9.69 Å². The summed E-state index contributed by atoms with van der Waals surface area (Å²) < 4.78 is 11.0. The maximum Gasteiger partial charge on any atom is 0.291 e. The lowest BCUT2D eigenvalue weighted by molar-refractivity contribution is 0.0239. The Balaban J connectivity index is 1.63. The van der Waals surface area contributed by atoms with E-state index in [0.717, 1.165) is 41.5 Å². The molecule has 7 heteroatoms. The first-order chi connectivity index (χ1) is 15.2. The number of furan rings is 1. The zero-order valence-corrected chi connectivity index (χ0v) is 18.8. The Bertz CT molecular complexity index is 1060. The third kappa shape index (κ3) is 4.17. The van der Waals surface area contributed by atoms with Crippen molar-refractivity contribution in [1.82, 2.24) is 4.90 Å². The number of nitrogens with one attached hydrogen (secondary N) is 1. The number of halogens is 1. The van der Waals surface area contributed by atoms with Crippen LogP contribution in [0.4, 0.5) is 5.00 Å². The molecule has 0 radical (unpaired) electrons. The summed E-state index contributed by atoms with van der Waals surface area (Å²) in [5.41, 5.74) is 3.64. The van der Waals surface area contributed by atoms with E-state index in [1.165, 1.54) is 35.1 Å². The van der Waals surface area contributed by atoms with Crippen molar-refractivity contribution in [2.45, 2.75) is 31.7 Å². The van der Waals surface area contributed by atoms with Gasteiger partial charge in [0.25, 0.3) is 5.91 Å². The number of morpholine rings is 1. The van der Waals surface area contributed by atoms with E-state index >= 15 is 0 Å². The molecule has 0 spiro atoms. The first-order valence-electron chi connectivity index (χ1n) is 10.8. The lowest BCUT2D eigenvalue weighted by Gasteiger charge is -2.36. The number of thiophene rings is 1. The van der Waals surface area contributed by atoms with Gasteiger partial charge >= 0.3 is 0 Å². The van der Waals surface area contributed by atoms with E-state index in [4.69, 9.17) is 20.8 Å². The summed E-state index contributed by atoms with van der Waals surface area (Å²) in [5, 5.41) is 4.82. The van der Waals surface area contributed by atoms with Gasteiger partial charge in [0.1, 0.15) is 5.00 Å². The van der Waals surface area contributed by atoms with Crippen LogP contribution < -0.4 is 5.32 Å². The van der Waals surface area contributed by atoms with Crippen LogP contribution >= 0.6 is 22.9 Å². The summed E-state index contributed by atoms with van der Waals surface area (Å²) >= 11 is 8.43. The average Bonchev–Trinajstić information content (AvgIpc) is 3.45. The first kappa shape index (κ1) is 20.8. The van der Waals surface area contributed by atoms with Gasteiger partial charge in [0.15, 0.2) is 5.76 Å². The summed E-state index contributed by atoms with van der Waals surface area (Å²) in [6.45, 7) is 3.04. The highest BCUT2D eigenvalue weighted by atomic mass is 35.5. The van der Waals surface area contributed by atoms with E-state index in [1.54, 1.807) is 23.5 Å². The SMILES string of the molecule is O=C(Nc1sc2c(c1C(c1ccccc1Cl)N1CCOCC1)CCCC2)c1ccco1. The van der Waals surface area contributed by atoms with Crippen molar-refractivity contribution >= 4 is 33.8 Å². The van der Waals surface area contributed by atoms with Crippen LogP contribution in [0.15, 0.2) is 47.1 Å². The molecule has 1 aliphatic carbocycles. The van der Waals surface area contributed by atoms with E-state index < -0.39 is 0 Å². The molecule has 1 atom stereocenters. The van der Waals surface area contributed by atoms with Gasteiger partial charge in [-0.2, -0.15) is 0 Å². The van der Waals surface area contributed by atoms with Crippen LogP contribution in [0.2, 0.25) is 5.02 Å². The Morgan fingerprint density at radius 2 is 1.90 bits per heavy atom. The van der Waals surface area contributed by atoms with Gasteiger partial charge in [0.2, 0.25) is 0 Å². The number of anilines is 1. The van der Waals surface area contributed by atoms with E-state index in [9.17, 15) is 4.79 Å². The summed E-state index contributed by atoms with van der Waals surface area (Å²) in [4.78, 5) is 16.7. The smallest absolute Gasteiger partial charge is 0.291 e. The molecule has 0 bridgehead atoms. The molecule has 1 aromatic carbocycles. The quantitative estimate of drug-likeness (QED) is 0.547. The lowest BCUT2D eigenvalue weighted by Crippen LogP contribution is -2.40. The molecule has 2 aromatic heterocycles. The largest absolute Gasteiger partial charge is 0.459 e. The van der Waals surface area contributed by atoms with Crippen molar-refractivity contribution in [3.63, 3.8) is 0 Å². The van der Waals surface area contributed by atoms with E-state index in [1.807, 2.05) is 18.2 Å². The molecule has 2 aliphatic rings. The van der Waals surface area contributed by atoms with Crippen LogP contribution in [0, 0.1) is 0 Å². The molecule has 1 amide bonds. The van der Waals surface area contributed by atoms with Gasteiger partial charge in [-0.15, -0.1) is 11.3 Å². The second kappa shape index (κ2) is 9.17.